The van der Waals surface area contributed by atoms with Crippen LogP contribution in [0.4, 0.5) is 17.1 Å². The fourth-order valence-electron chi connectivity index (χ4n) is 12.4. The van der Waals surface area contributed by atoms with Crippen LogP contribution in [0, 0.1) is 21.4 Å². The number of nitro benzene ring substituents is 1. The van der Waals surface area contributed by atoms with E-state index in [0.29, 0.717) is 74.4 Å². The minimum Gasteiger partial charge on any atom is -0.489 e. The van der Waals surface area contributed by atoms with E-state index in [9.17, 15) is 28.4 Å². The Balaban J connectivity index is 0.843. The van der Waals surface area contributed by atoms with Gasteiger partial charge in [-0.3, -0.25) is 19.8 Å². The Hall–Kier alpha value is -5.99. The third kappa shape index (κ3) is 10.2. The number of nitrogens with zero attached hydrogens (tertiary/aromatic N) is 4. The number of ether oxygens (including phenoxy) is 5. The van der Waals surface area contributed by atoms with Gasteiger partial charge in [0.15, 0.2) is 17.2 Å². The van der Waals surface area contributed by atoms with Gasteiger partial charge in [-0.2, -0.15) is 4.98 Å². The molecule has 6 aliphatic rings. The predicted octanol–water partition coefficient (Wildman–Crippen LogP) is 8.65. The van der Waals surface area contributed by atoms with Crippen LogP contribution in [0.1, 0.15) is 112 Å². The van der Waals surface area contributed by atoms with Gasteiger partial charge in [-0.05, 0) is 117 Å². The Morgan fingerprint density at radius 3 is 2.54 bits per heavy atom. The zero-order valence-corrected chi connectivity index (χ0v) is 43.2. The Morgan fingerprint density at radius 2 is 1.78 bits per heavy atom. The highest BCUT2D eigenvalue weighted by Gasteiger charge is 2.49. The molecular formula is C55H67N7O11S. The third-order valence-electron chi connectivity index (χ3n) is 16.6. The van der Waals surface area contributed by atoms with Crippen molar-refractivity contribution in [3.8, 4) is 23.1 Å². The molecule has 11 rings (SSSR count). The summed E-state index contributed by atoms with van der Waals surface area (Å²) in [6, 6.07) is 20.1. The van der Waals surface area contributed by atoms with Crippen molar-refractivity contribution in [2.75, 3.05) is 69.4 Å². The lowest BCUT2D eigenvalue weighted by Gasteiger charge is -2.57. The molecule has 19 heteroatoms. The van der Waals surface area contributed by atoms with Crippen molar-refractivity contribution >= 4 is 44.0 Å². The molecule has 0 bridgehead atoms. The Morgan fingerprint density at radius 1 is 0.986 bits per heavy atom. The molecule has 1 spiro atoms. The van der Waals surface area contributed by atoms with Gasteiger partial charge in [-0.15, -0.1) is 0 Å². The number of hydrogen-bond donors (Lipinski definition) is 4. The summed E-state index contributed by atoms with van der Waals surface area (Å²) in [7, 11) is -4.74. The number of nitro groups is 1. The van der Waals surface area contributed by atoms with Crippen molar-refractivity contribution in [3.05, 3.63) is 99.7 Å². The smallest absolute Gasteiger partial charge is 0.297 e. The van der Waals surface area contributed by atoms with Crippen LogP contribution in [0.5, 0.6) is 23.1 Å². The third-order valence-corrected chi connectivity index (χ3v) is 17.9. The zero-order valence-electron chi connectivity index (χ0n) is 42.3. The molecule has 3 saturated heterocycles. The van der Waals surface area contributed by atoms with E-state index in [1.807, 2.05) is 6.07 Å². The van der Waals surface area contributed by atoms with E-state index in [2.05, 4.69) is 62.9 Å². The Bertz CT molecular complexity index is 3000. The molecule has 394 valence electrons. The van der Waals surface area contributed by atoms with Crippen molar-refractivity contribution in [3.63, 3.8) is 0 Å². The van der Waals surface area contributed by atoms with Gasteiger partial charge in [0.25, 0.3) is 27.5 Å². The van der Waals surface area contributed by atoms with Gasteiger partial charge in [0, 0.05) is 67.7 Å². The molecule has 4 aliphatic heterocycles. The van der Waals surface area contributed by atoms with Crippen LogP contribution in [0.15, 0.2) is 77.8 Å². The fourth-order valence-corrected chi connectivity index (χ4v) is 13.4. The second-order valence-corrected chi connectivity index (χ2v) is 23.7. The molecule has 4 N–H and O–H groups in total. The number of rotatable bonds is 14. The maximum absolute atomic E-state index is 14.5. The summed E-state index contributed by atoms with van der Waals surface area (Å²) >= 11 is 0. The minimum atomic E-state index is -4.74. The number of pyridine rings is 1. The fraction of sp³-hybridized carbons (Fsp3) is 0.527. The van der Waals surface area contributed by atoms with Crippen LogP contribution in [0.3, 0.4) is 0 Å². The van der Waals surface area contributed by atoms with E-state index in [1.165, 1.54) is 36.5 Å². The van der Waals surface area contributed by atoms with Gasteiger partial charge in [-0.1, -0.05) is 44.5 Å². The molecular weight excluding hydrogens is 967 g/mol. The Labute approximate surface area is 431 Å². The summed E-state index contributed by atoms with van der Waals surface area (Å²) < 4.78 is 60.9. The summed E-state index contributed by atoms with van der Waals surface area (Å²) in [4.78, 5) is 38.6. The molecule has 1 unspecified atom stereocenters. The van der Waals surface area contributed by atoms with Crippen LogP contribution < -0.4 is 29.1 Å². The van der Waals surface area contributed by atoms with Crippen molar-refractivity contribution in [2.24, 2.45) is 11.3 Å². The van der Waals surface area contributed by atoms with Gasteiger partial charge in [0.1, 0.15) is 30.7 Å². The number of aliphatic hydroxyl groups is 1. The largest absolute Gasteiger partial charge is 0.489 e. The Kier molecular flexibility index (Phi) is 13.7. The first-order valence-corrected chi connectivity index (χ1v) is 27.8. The van der Waals surface area contributed by atoms with Gasteiger partial charge < -0.3 is 44.0 Å². The number of nitrogens with one attached hydrogen (secondary N) is 3. The molecule has 3 aromatic carbocycles. The highest BCUT2D eigenvalue weighted by molar-refractivity contribution is 7.90. The molecule has 6 heterocycles. The molecule has 5 fully saturated rings. The topological polar surface area (TPSA) is 220 Å². The number of hydrogen-bond acceptors (Lipinski definition) is 15. The van der Waals surface area contributed by atoms with Crippen molar-refractivity contribution < 1.29 is 46.9 Å². The predicted molar refractivity (Wildman–Crippen MR) is 278 cm³/mol. The van der Waals surface area contributed by atoms with Crippen LogP contribution in [0.2, 0.25) is 0 Å². The summed E-state index contributed by atoms with van der Waals surface area (Å²) in [5.41, 5.74) is 3.24. The highest BCUT2D eigenvalue weighted by atomic mass is 32.2. The van der Waals surface area contributed by atoms with Crippen molar-refractivity contribution in [1.29, 1.82) is 0 Å². The molecule has 74 heavy (non-hydrogen) atoms. The second-order valence-electron chi connectivity index (χ2n) is 22.1. The van der Waals surface area contributed by atoms with E-state index in [4.69, 9.17) is 28.7 Å². The summed E-state index contributed by atoms with van der Waals surface area (Å²) in [5.74, 6) is 0.448. The number of benzene rings is 3. The average Bonchev–Trinajstić information content (AvgIpc) is 4.07. The minimum absolute atomic E-state index is 0.0158. The molecule has 1 amide bonds. The van der Waals surface area contributed by atoms with Gasteiger partial charge in [-0.25, -0.2) is 13.1 Å². The van der Waals surface area contributed by atoms with Crippen LogP contribution in [-0.4, -0.2) is 122 Å². The van der Waals surface area contributed by atoms with Crippen molar-refractivity contribution in [1.82, 2.24) is 19.6 Å². The van der Waals surface area contributed by atoms with Gasteiger partial charge in [0.2, 0.25) is 0 Å². The van der Waals surface area contributed by atoms with E-state index >= 15 is 0 Å². The number of piperidine rings is 1. The first kappa shape index (κ1) is 50.2. The number of carbonyl (C=O) groups is 1. The zero-order chi connectivity index (χ0) is 51.4. The lowest BCUT2D eigenvalue weighted by atomic mass is 9.70. The highest BCUT2D eigenvalue weighted by Crippen LogP contribution is 2.50. The molecule has 2 aromatic heterocycles. The number of fused-ring (bicyclic) bond motifs is 2. The lowest BCUT2D eigenvalue weighted by Crippen LogP contribution is -2.63. The van der Waals surface area contributed by atoms with Gasteiger partial charge in [0.05, 0.1) is 46.8 Å². The average molecular weight is 1030 g/mol. The number of likely N-dealkylation sites (tertiary alicyclic amines) is 1. The normalized spacial score (nSPS) is 26.0. The number of sulfonamides is 1. The maximum atomic E-state index is 14.5. The summed E-state index contributed by atoms with van der Waals surface area (Å²) in [5, 5.41) is 27.0. The maximum Gasteiger partial charge on any atom is 0.297 e. The van der Waals surface area contributed by atoms with Crippen molar-refractivity contribution in [2.45, 2.75) is 119 Å². The molecule has 2 aliphatic carbocycles. The van der Waals surface area contributed by atoms with Crippen LogP contribution >= 0.6 is 0 Å². The number of carbonyl (C=O) groups excluding carboxylic acids is 1. The molecule has 4 atom stereocenters. The van der Waals surface area contributed by atoms with Crippen LogP contribution in [-0.2, 0) is 19.5 Å². The molecule has 0 radical (unpaired) electrons. The number of amides is 1. The van der Waals surface area contributed by atoms with E-state index in [-0.39, 0.29) is 71.1 Å². The standard InChI is InChI=1S/C55H67N7O11S/c1-34(2)40-7-4-5-8-41(40)42-9-6-10-45(42)61-32-55(33-61)18-21-60(22-19-55)37-11-12-43(47(26-37)73-49-25-36-15-20-56-51(36)58-53(49)72-30-38-29-69-23-24-70-38)52(63)59-74(67,68)39-27-46(62(65)66)50-48(28-39)71-31-44(57-50)35-13-16-54(3,64)17-14-35/h4-5,7-8,11-12,15,20,25-28,34-35,38,42,44-45,57,64H,6,9-10,13-14,16-19,21-24,29-33H2,1-3H3,(H,56,58)(H,59,63)/t35?,38-,42-,44-,45?,54?/m1/s1. The SMILES string of the molecule is CC(C)c1ccccc1[C@H]1CCCC1N1CC2(CCN(c3ccc(C(=O)NS(=O)(=O)c4cc5c(c([N+](=O)[O-])c4)N[C@@H](C4CCC(C)(O)CC4)CO5)c(Oc4cc5cc[nH]c5nc4OC[C@H]4COCCO4)c3)CC2)C1. The lowest BCUT2D eigenvalue weighted by molar-refractivity contribution is -0.384. The first-order valence-electron chi connectivity index (χ1n) is 26.3. The van der Waals surface area contributed by atoms with E-state index < -0.39 is 37.0 Å². The number of aromatic nitrogens is 2. The number of H-pyrrole nitrogens is 1. The second kappa shape index (κ2) is 20.3. The molecule has 2 saturated carbocycles. The summed E-state index contributed by atoms with van der Waals surface area (Å²) in [6.45, 7) is 11.6. The molecule has 5 aromatic rings. The monoisotopic (exact) mass is 1030 g/mol. The van der Waals surface area contributed by atoms with E-state index in [1.54, 1.807) is 37.4 Å². The number of anilines is 2. The first-order chi connectivity index (χ1) is 35.6. The van der Waals surface area contributed by atoms with Crippen LogP contribution in [0.25, 0.3) is 11.0 Å². The molecule has 18 nitrogen and oxygen atoms in total. The number of aromatic amines is 1. The van der Waals surface area contributed by atoms with E-state index in [0.717, 1.165) is 50.8 Å². The van der Waals surface area contributed by atoms with Gasteiger partial charge >= 0.3 is 0 Å². The quantitative estimate of drug-likeness (QED) is 0.0604. The summed E-state index contributed by atoms with van der Waals surface area (Å²) in [6.07, 6.45) is 9.64.